The Morgan fingerprint density at radius 1 is 1.43 bits per heavy atom. The SMILES string of the molecule is CCO/N=C(/C(=O)N[C@@H]1C(=O)N2C(C(=O)[O-])=C(Cc3c[nH][n+]4c(C)cccc34)CS[C@H]12)c1csc(N)n1. The number of thioether (sulfide) groups is 1. The smallest absolute Gasteiger partial charge is 0.276 e. The molecule has 3 aromatic rings. The number of rotatable bonds is 8. The van der Waals surface area contributed by atoms with Crippen molar-refractivity contribution >= 4 is 57.2 Å². The van der Waals surface area contributed by atoms with Crippen LogP contribution in [0.15, 0.2) is 46.2 Å². The van der Waals surface area contributed by atoms with Crippen molar-refractivity contribution in [2.45, 2.75) is 31.7 Å². The van der Waals surface area contributed by atoms with Gasteiger partial charge in [-0.3, -0.25) is 14.5 Å². The van der Waals surface area contributed by atoms with E-state index < -0.39 is 29.2 Å². The van der Waals surface area contributed by atoms with Crippen molar-refractivity contribution < 1.29 is 28.8 Å². The lowest BCUT2D eigenvalue weighted by atomic mass is 9.99. The molecule has 0 bridgehead atoms. The molecule has 192 valence electrons. The zero-order valence-electron chi connectivity index (χ0n) is 19.9. The minimum atomic E-state index is -1.43. The highest BCUT2D eigenvalue weighted by Gasteiger charge is 2.53. The maximum atomic E-state index is 13.1. The molecule has 1 fully saturated rings. The number of nitrogens with one attached hydrogen (secondary N) is 2. The van der Waals surface area contributed by atoms with Gasteiger partial charge < -0.3 is 25.8 Å². The average molecular weight is 542 g/mol. The molecule has 37 heavy (non-hydrogen) atoms. The number of fused-ring (bicyclic) bond motifs is 2. The predicted octanol–water partition coefficient (Wildman–Crippen LogP) is -0.512. The monoisotopic (exact) mass is 541 g/mol. The molecule has 2 amide bonds. The molecule has 1 saturated heterocycles. The molecule has 0 spiro atoms. The summed E-state index contributed by atoms with van der Waals surface area (Å²) in [4.78, 5) is 48.6. The third-order valence-electron chi connectivity index (χ3n) is 6.08. The van der Waals surface area contributed by atoms with Gasteiger partial charge in [-0.25, -0.2) is 4.98 Å². The number of oxime groups is 1. The highest BCUT2D eigenvalue weighted by molar-refractivity contribution is 8.00. The van der Waals surface area contributed by atoms with Crippen LogP contribution in [0, 0.1) is 6.92 Å². The lowest BCUT2D eigenvalue weighted by Gasteiger charge is -2.50. The first-order chi connectivity index (χ1) is 17.8. The Morgan fingerprint density at radius 3 is 2.95 bits per heavy atom. The number of amides is 2. The fourth-order valence-corrected chi connectivity index (χ4v) is 6.27. The number of carbonyl (C=O) groups is 3. The summed E-state index contributed by atoms with van der Waals surface area (Å²) in [5, 5.41) is 23.0. The number of anilines is 1. The van der Waals surface area contributed by atoms with E-state index in [4.69, 9.17) is 10.6 Å². The Labute approximate surface area is 219 Å². The third kappa shape index (κ3) is 4.42. The molecule has 3 aromatic heterocycles. The summed E-state index contributed by atoms with van der Waals surface area (Å²) in [5.74, 6) is -2.29. The highest BCUT2D eigenvalue weighted by Crippen LogP contribution is 2.41. The van der Waals surface area contributed by atoms with Gasteiger partial charge in [0.15, 0.2) is 10.8 Å². The zero-order chi connectivity index (χ0) is 26.3. The number of β-lactam (4-membered cyclic amide) rings is 1. The van der Waals surface area contributed by atoms with E-state index in [0.717, 1.165) is 28.1 Å². The summed E-state index contributed by atoms with van der Waals surface area (Å²) in [6, 6.07) is 4.88. The molecule has 0 unspecified atom stereocenters. The number of nitrogens with zero attached hydrogens (tertiary/aromatic N) is 4. The number of aliphatic carboxylic acids is 1. The Hall–Kier alpha value is -3.91. The van der Waals surface area contributed by atoms with Crippen molar-refractivity contribution in [2.75, 3.05) is 18.1 Å². The first-order valence-corrected chi connectivity index (χ1v) is 13.3. The number of aromatic amines is 1. The van der Waals surface area contributed by atoms with Gasteiger partial charge in [-0.1, -0.05) is 9.67 Å². The van der Waals surface area contributed by atoms with Gasteiger partial charge in [0.25, 0.3) is 11.8 Å². The molecule has 5 heterocycles. The number of carboxylic acid groups (broad SMARTS) is 1. The Morgan fingerprint density at radius 2 is 2.24 bits per heavy atom. The standard InChI is InChI=1S/C23H23N7O5S2/c1-3-35-28-16(14-10-37-23(24)26-14)19(31)27-17-20(32)29-18(22(33)34)13(9-36-21(17)29)7-12-8-25-30-11(2)5-4-6-15(12)30/h4-6,8,10,17,21H,3,7,9H2,1-2H3,(H4,24,26,27,31,33,34)/b28-16+/t17-,21-/m1/s1. The number of thiazole rings is 1. The molecule has 12 nitrogen and oxygen atoms in total. The maximum Gasteiger partial charge on any atom is 0.276 e. The van der Waals surface area contributed by atoms with Crippen LogP contribution in [-0.4, -0.2) is 62.3 Å². The predicted molar refractivity (Wildman–Crippen MR) is 134 cm³/mol. The highest BCUT2D eigenvalue weighted by atomic mass is 32.2. The number of carbonyl (C=O) groups excluding carboxylic acids is 3. The first kappa shape index (κ1) is 24.8. The third-order valence-corrected chi connectivity index (χ3v) is 8.09. The van der Waals surface area contributed by atoms with Gasteiger partial charge in [-0.2, -0.15) is 5.10 Å². The van der Waals surface area contributed by atoms with Gasteiger partial charge >= 0.3 is 0 Å². The minimum absolute atomic E-state index is 0.120. The molecular weight excluding hydrogens is 518 g/mol. The number of nitrogen functional groups attached to an aromatic ring is 1. The second-order valence-electron chi connectivity index (χ2n) is 8.39. The molecule has 2 atom stereocenters. The second-order valence-corrected chi connectivity index (χ2v) is 10.4. The van der Waals surface area contributed by atoms with Crippen LogP contribution < -0.4 is 20.7 Å². The molecule has 14 heteroatoms. The van der Waals surface area contributed by atoms with Crippen LogP contribution in [0.25, 0.3) is 5.52 Å². The maximum absolute atomic E-state index is 13.1. The number of H-pyrrole nitrogens is 1. The quantitative estimate of drug-likeness (QED) is 0.148. The number of aryl methyl sites for hydroxylation is 1. The average Bonchev–Trinajstić information content (AvgIpc) is 3.49. The fraction of sp³-hybridized carbons (Fsp3) is 0.304. The molecule has 0 saturated carbocycles. The number of pyridine rings is 1. The van der Waals surface area contributed by atoms with Crippen molar-refractivity contribution in [3.8, 4) is 0 Å². The van der Waals surface area contributed by atoms with E-state index in [1.54, 1.807) is 12.3 Å². The molecular formula is C23H23N7O5S2. The molecule has 0 aromatic carbocycles. The van der Waals surface area contributed by atoms with E-state index in [1.807, 2.05) is 35.8 Å². The molecule has 4 N–H and O–H groups in total. The summed E-state index contributed by atoms with van der Waals surface area (Å²) in [6.07, 6.45) is 2.15. The lowest BCUT2D eigenvalue weighted by Crippen LogP contribution is -2.71. The Balaban J connectivity index is 1.37. The number of hydrogen-bond donors (Lipinski definition) is 3. The minimum Gasteiger partial charge on any atom is -0.543 e. The van der Waals surface area contributed by atoms with Crippen molar-refractivity contribution in [3.05, 3.63) is 58.0 Å². The van der Waals surface area contributed by atoms with E-state index in [-0.39, 0.29) is 28.8 Å². The van der Waals surface area contributed by atoms with Crippen molar-refractivity contribution in [3.63, 3.8) is 0 Å². The second kappa shape index (κ2) is 9.86. The zero-order valence-corrected chi connectivity index (χ0v) is 21.5. The first-order valence-electron chi connectivity index (χ1n) is 11.4. The normalized spacial score (nSPS) is 19.6. The molecule has 2 aliphatic rings. The molecule has 0 radical (unpaired) electrons. The van der Waals surface area contributed by atoms with E-state index in [0.29, 0.717) is 17.7 Å². The van der Waals surface area contributed by atoms with Crippen LogP contribution in [0.2, 0.25) is 0 Å². The van der Waals surface area contributed by atoms with Crippen LogP contribution in [0.4, 0.5) is 5.13 Å². The number of carboxylic acids is 1. The molecule has 2 aliphatic heterocycles. The summed E-state index contributed by atoms with van der Waals surface area (Å²) in [7, 11) is 0. The van der Waals surface area contributed by atoms with Gasteiger partial charge in [-0.05, 0) is 18.6 Å². The molecule has 5 rings (SSSR count). The number of hydrogen-bond acceptors (Lipinski definition) is 10. The Bertz CT molecular complexity index is 1480. The van der Waals surface area contributed by atoms with Crippen LogP contribution in [0.3, 0.4) is 0 Å². The van der Waals surface area contributed by atoms with Gasteiger partial charge in [0.05, 0.1) is 23.4 Å². The fourth-order valence-electron chi connectivity index (χ4n) is 4.37. The molecule has 0 aliphatic carbocycles. The van der Waals surface area contributed by atoms with E-state index in [2.05, 4.69) is 20.6 Å². The topological polar surface area (TPSA) is 170 Å². The van der Waals surface area contributed by atoms with Crippen molar-refractivity contribution in [1.29, 1.82) is 0 Å². The van der Waals surface area contributed by atoms with Crippen LogP contribution in [0.5, 0.6) is 0 Å². The summed E-state index contributed by atoms with van der Waals surface area (Å²) in [5.41, 5.74) is 9.01. The summed E-state index contributed by atoms with van der Waals surface area (Å²) >= 11 is 2.51. The van der Waals surface area contributed by atoms with Crippen LogP contribution in [0.1, 0.15) is 23.9 Å². The van der Waals surface area contributed by atoms with Crippen molar-refractivity contribution in [2.24, 2.45) is 5.16 Å². The number of aromatic nitrogens is 3. The lowest BCUT2D eigenvalue weighted by molar-refractivity contribution is -0.583. The number of nitrogens with two attached hydrogens (primary N) is 1. The largest absolute Gasteiger partial charge is 0.543 e. The van der Waals surface area contributed by atoms with Gasteiger partial charge in [-0.15, -0.1) is 23.1 Å². The van der Waals surface area contributed by atoms with Gasteiger partial charge in [0.1, 0.15) is 23.7 Å². The van der Waals surface area contributed by atoms with E-state index in [1.165, 1.54) is 16.7 Å². The van der Waals surface area contributed by atoms with Crippen LogP contribution >= 0.6 is 23.1 Å². The van der Waals surface area contributed by atoms with E-state index in [9.17, 15) is 19.5 Å². The summed E-state index contributed by atoms with van der Waals surface area (Å²) in [6.45, 7) is 3.89. The van der Waals surface area contributed by atoms with E-state index >= 15 is 0 Å². The van der Waals surface area contributed by atoms with Gasteiger partial charge in [0.2, 0.25) is 11.2 Å². The van der Waals surface area contributed by atoms with Crippen molar-refractivity contribution in [1.82, 2.24) is 20.3 Å². The van der Waals surface area contributed by atoms with Gasteiger partial charge in [0, 0.05) is 36.6 Å². The summed E-state index contributed by atoms with van der Waals surface area (Å²) < 4.78 is 1.91. The Kier molecular flexibility index (Phi) is 6.60. The van der Waals surface area contributed by atoms with Crippen LogP contribution in [-0.2, 0) is 25.6 Å².